The molecule has 0 spiro atoms. The molecule has 21 heavy (non-hydrogen) atoms. The van der Waals surface area contributed by atoms with E-state index in [0.29, 0.717) is 16.2 Å². The summed E-state index contributed by atoms with van der Waals surface area (Å²) < 4.78 is 4.52. The molecule has 1 heterocycles. The molecule has 0 radical (unpaired) electrons. The molecule has 0 saturated carbocycles. The molecule has 1 N–H and O–H groups in total. The van der Waals surface area contributed by atoms with Crippen molar-refractivity contribution in [3.63, 3.8) is 0 Å². The quantitative estimate of drug-likeness (QED) is 0.874. The lowest BCUT2D eigenvalue weighted by atomic mass is 9.72. The van der Waals surface area contributed by atoms with Gasteiger partial charge < -0.3 is 10.1 Å². The molecule has 1 aromatic heterocycles. The van der Waals surface area contributed by atoms with Gasteiger partial charge in [-0.15, -0.1) is 11.3 Å². The van der Waals surface area contributed by atoms with Crippen LogP contribution in [0.4, 0.5) is 0 Å². The number of carbonyl (C=O) groups is 2. The molecule has 0 aliphatic heterocycles. The smallest absolute Gasteiger partial charge is 0.325 e. The minimum Gasteiger partial charge on any atom is -0.468 e. The molecule has 1 aromatic rings. The number of aryl methyl sites for hydroxylation is 1. The van der Waals surface area contributed by atoms with Crippen molar-refractivity contribution >= 4 is 23.2 Å². The van der Waals surface area contributed by atoms with Gasteiger partial charge in [-0.05, 0) is 42.2 Å². The van der Waals surface area contributed by atoms with E-state index >= 15 is 0 Å². The molecule has 0 unspecified atom stereocenters. The summed E-state index contributed by atoms with van der Waals surface area (Å²) in [6.07, 6.45) is 3.27. The number of esters is 1. The van der Waals surface area contributed by atoms with Gasteiger partial charge >= 0.3 is 5.97 Å². The first-order valence-corrected chi connectivity index (χ1v) is 8.09. The topological polar surface area (TPSA) is 55.4 Å². The van der Waals surface area contributed by atoms with Crippen LogP contribution >= 0.6 is 11.3 Å². The highest BCUT2D eigenvalue weighted by molar-refractivity contribution is 7.14. The van der Waals surface area contributed by atoms with Gasteiger partial charge in [-0.2, -0.15) is 0 Å². The summed E-state index contributed by atoms with van der Waals surface area (Å²) in [5, 5.41) is 2.60. The zero-order valence-corrected chi connectivity index (χ0v) is 13.9. The summed E-state index contributed by atoms with van der Waals surface area (Å²) >= 11 is 1.55. The maximum absolute atomic E-state index is 12.1. The summed E-state index contributed by atoms with van der Waals surface area (Å²) in [6, 6.07) is 1.99. The predicted octanol–water partition coefficient (Wildman–Crippen LogP) is 2.80. The Labute approximate surface area is 129 Å². The van der Waals surface area contributed by atoms with Gasteiger partial charge in [0.25, 0.3) is 5.91 Å². The van der Waals surface area contributed by atoms with Crippen molar-refractivity contribution < 1.29 is 14.3 Å². The average Bonchev–Trinajstić information content (AvgIpc) is 2.86. The highest BCUT2D eigenvalue weighted by Crippen LogP contribution is 2.39. The number of nitrogens with one attached hydrogen (secondary N) is 1. The molecule has 0 saturated heterocycles. The number of rotatable bonds is 3. The van der Waals surface area contributed by atoms with Crippen molar-refractivity contribution in [1.29, 1.82) is 0 Å². The summed E-state index contributed by atoms with van der Waals surface area (Å²) in [6.45, 7) is 6.75. The lowest BCUT2D eigenvalue weighted by molar-refractivity contribution is -0.139. The maximum atomic E-state index is 12.1. The molecule has 1 aliphatic carbocycles. The summed E-state index contributed by atoms with van der Waals surface area (Å²) in [7, 11) is 1.31. The maximum Gasteiger partial charge on any atom is 0.325 e. The van der Waals surface area contributed by atoms with E-state index < -0.39 is 5.97 Å². The minimum absolute atomic E-state index is 0.0808. The Kier molecular flexibility index (Phi) is 4.71. The summed E-state index contributed by atoms with van der Waals surface area (Å²) in [4.78, 5) is 25.1. The molecular weight excluding hydrogens is 286 g/mol. The molecule has 0 bridgehead atoms. The van der Waals surface area contributed by atoms with E-state index in [1.54, 1.807) is 11.3 Å². The van der Waals surface area contributed by atoms with Gasteiger partial charge in [-0.1, -0.05) is 20.8 Å². The van der Waals surface area contributed by atoms with E-state index in [9.17, 15) is 9.59 Å². The lowest BCUT2D eigenvalue weighted by Gasteiger charge is -2.33. The number of ether oxygens (including phenoxy) is 1. The van der Waals surface area contributed by atoms with Crippen LogP contribution < -0.4 is 5.32 Å². The molecule has 116 valence electrons. The third-order valence-electron chi connectivity index (χ3n) is 4.15. The normalized spacial score (nSPS) is 18.0. The largest absolute Gasteiger partial charge is 0.468 e. The predicted molar refractivity (Wildman–Crippen MR) is 83.6 cm³/mol. The number of methoxy groups -OCH3 is 1. The van der Waals surface area contributed by atoms with Crippen LogP contribution in [-0.4, -0.2) is 25.5 Å². The van der Waals surface area contributed by atoms with Gasteiger partial charge in [0.2, 0.25) is 0 Å². The van der Waals surface area contributed by atoms with Gasteiger partial charge in [-0.25, -0.2) is 0 Å². The minimum atomic E-state index is -0.433. The number of hydrogen-bond acceptors (Lipinski definition) is 4. The van der Waals surface area contributed by atoms with Crippen molar-refractivity contribution in [1.82, 2.24) is 5.32 Å². The van der Waals surface area contributed by atoms with Crippen LogP contribution in [0, 0.1) is 11.3 Å². The average molecular weight is 309 g/mol. The van der Waals surface area contributed by atoms with Gasteiger partial charge in [0.05, 0.1) is 12.0 Å². The molecule has 2 rings (SSSR count). The second-order valence-corrected chi connectivity index (χ2v) is 7.76. The van der Waals surface area contributed by atoms with Crippen LogP contribution in [0.5, 0.6) is 0 Å². The Morgan fingerprint density at radius 1 is 1.43 bits per heavy atom. The fourth-order valence-corrected chi connectivity index (χ4v) is 3.81. The summed E-state index contributed by atoms with van der Waals surface area (Å²) in [5.41, 5.74) is 1.60. The first-order chi connectivity index (χ1) is 9.81. The third-order valence-corrected chi connectivity index (χ3v) is 5.39. The fourth-order valence-electron chi connectivity index (χ4n) is 2.69. The summed E-state index contributed by atoms with van der Waals surface area (Å²) in [5.74, 6) is 0.0372. The Hall–Kier alpha value is -1.36. The Bertz CT molecular complexity index is 542. The number of amides is 1. The van der Waals surface area contributed by atoms with Gasteiger partial charge in [0.1, 0.15) is 6.54 Å². The van der Waals surface area contributed by atoms with Gasteiger partial charge in [-0.3, -0.25) is 9.59 Å². The van der Waals surface area contributed by atoms with E-state index in [0.717, 1.165) is 12.8 Å². The number of fused-ring (bicyclic) bond motifs is 1. The van der Waals surface area contributed by atoms with E-state index in [1.807, 2.05) is 6.07 Å². The van der Waals surface area contributed by atoms with Crippen molar-refractivity contribution in [2.24, 2.45) is 11.3 Å². The molecule has 4 nitrogen and oxygen atoms in total. The monoisotopic (exact) mass is 309 g/mol. The molecule has 1 aliphatic rings. The van der Waals surface area contributed by atoms with Crippen LogP contribution in [0.1, 0.15) is 47.3 Å². The first-order valence-electron chi connectivity index (χ1n) is 7.28. The molecule has 5 heteroatoms. The second-order valence-electron chi connectivity index (χ2n) is 6.62. The highest BCUT2D eigenvalue weighted by atomic mass is 32.1. The fraction of sp³-hybridized carbons (Fsp3) is 0.625. The van der Waals surface area contributed by atoms with Crippen molar-refractivity contribution in [3.8, 4) is 0 Å². The number of thiophene rings is 1. The van der Waals surface area contributed by atoms with Crippen molar-refractivity contribution in [2.45, 2.75) is 40.0 Å². The van der Waals surface area contributed by atoms with E-state index in [-0.39, 0.29) is 12.5 Å². The third kappa shape index (κ3) is 3.84. The Balaban J connectivity index is 2.04. The van der Waals surface area contributed by atoms with Gasteiger partial charge in [0.15, 0.2) is 0 Å². The number of carbonyl (C=O) groups excluding carboxylic acids is 2. The number of hydrogen-bond donors (Lipinski definition) is 1. The van der Waals surface area contributed by atoms with E-state index in [4.69, 9.17) is 0 Å². The van der Waals surface area contributed by atoms with Crippen LogP contribution in [0.15, 0.2) is 6.07 Å². The Morgan fingerprint density at radius 3 is 2.76 bits per heavy atom. The van der Waals surface area contributed by atoms with Crippen molar-refractivity contribution in [2.75, 3.05) is 13.7 Å². The van der Waals surface area contributed by atoms with Crippen molar-refractivity contribution in [3.05, 3.63) is 21.4 Å². The van der Waals surface area contributed by atoms with Crippen LogP contribution in [0.3, 0.4) is 0 Å². The molecule has 1 amide bonds. The van der Waals surface area contributed by atoms with Crippen LogP contribution in [0.2, 0.25) is 0 Å². The van der Waals surface area contributed by atoms with Crippen LogP contribution in [0.25, 0.3) is 0 Å². The van der Waals surface area contributed by atoms with E-state index in [1.165, 1.54) is 24.0 Å². The Morgan fingerprint density at radius 2 is 2.14 bits per heavy atom. The van der Waals surface area contributed by atoms with Crippen LogP contribution in [-0.2, 0) is 22.4 Å². The molecular formula is C16H23NO3S. The molecule has 1 atom stereocenters. The lowest BCUT2D eigenvalue weighted by Crippen LogP contribution is -2.29. The highest BCUT2D eigenvalue weighted by Gasteiger charge is 2.30. The first kappa shape index (κ1) is 16.0. The second kappa shape index (κ2) is 6.18. The molecule has 0 aromatic carbocycles. The zero-order valence-electron chi connectivity index (χ0n) is 13.1. The standard InChI is InChI=1S/C16H23NO3S/c1-16(2,3)11-5-6-12-10(7-11)8-13(21-12)15(19)17-9-14(18)20-4/h8,11H,5-7,9H2,1-4H3,(H,17,19)/t11-/m0/s1. The van der Waals surface area contributed by atoms with Gasteiger partial charge in [0, 0.05) is 4.88 Å². The SMILES string of the molecule is COC(=O)CNC(=O)c1cc2c(s1)CC[C@H](C(C)(C)C)C2. The van der Waals surface area contributed by atoms with E-state index in [2.05, 4.69) is 30.8 Å². The zero-order chi connectivity index (χ0) is 15.6. The molecule has 0 fully saturated rings.